The first-order chi connectivity index (χ1) is 9.43. The van der Waals surface area contributed by atoms with Crippen molar-refractivity contribution in [3.8, 4) is 0 Å². The SMILES string of the molecule is CN(C)C(=O)[C@H]1CCC(=O)N(C)[C@H]1c1ccccc1F. The maximum atomic E-state index is 14.0. The van der Waals surface area contributed by atoms with Gasteiger partial charge in [-0.15, -0.1) is 0 Å². The van der Waals surface area contributed by atoms with Gasteiger partial charge in [-0.1, -0.05) is 18.2 Å². The molecule has 108 valence electrons. The van der Waals surface area contributed by atoms with Crippen LogP contribution in [0.5, 0.6) is 0 Å². The molecular formula is C15H19FN2O2. The first kappa shape index (κ1) is 14.5. The van der Waals surface area contributed by atoms with Gasteiger partial charge in [0.1, 0.15) is 5.82 Å². The molecule has 1 saturated heterocycles. The van der Waals surface area contributed by atoms with Crippen LogP contribution in [0.1, 0.15) is 24.4 Å². The summed E-state index contributed by atoms with van der Waals surface area (Å²) in [6, 6.07) is 5.80. The van der Waals surface area contributed by atoms with Crippen molar-refractivity contribution >= 4 is 11.8 Å². The van der Waals surface area contributed by atoms with Crippen LogP contribution in [0.3, 0.4) is 0 Å². The van der Waals surface area contributed by atoms with Crippen LogP contribution in [0, 0.1) is 11.7 Å². The Balaban J connectivity index is 2.44. The van der Waals surface area contributed by atoms with E-state index in [1.54, 1.807) is 39.3 Å². The molecule has 5 heteroatoms. The molecule has 0 unspecified atom stereocenters. The smallest absolute Gasteiger partial charge is 0.227 e. The number of halogens is 1. The molecule has 0 N–H and O–H groups in total. The predicted octanol–water partition coefficient (Wildman–Crippen LogP) is 1.82. The van der Waals surface area contributed by atoms with Gasteiger partial charge < -0.3 is 9.80 Å². The molecule has 0 radical (unpaired) electrons. The molecule has 2 atom stereocenters. The van der Waals surface area contributed by atoms with Gasteiger partial charge in [0.2, 0.25) is 11.8 Å². The molecule has 0 saturated carbocycles. The second-order valence-corrected chi connectivity index (χ2v) is 5.35. The lowest BCUT2D eigenvalue weighted by Crippen LogP contribution is -2.46. The third-order valence-electron chi connectivity index (χ3n) is 3.84. The van der Waals surface area contributed by atoms with Crippen LogP contribution >= 0.6 is 0 Å². The van der Waals surface area contributed by atoms with Crippen LogP contribution < -0.4 is 0 Å². The number of piperidine rings is 1. The van der Waals surface area contributed by atoms with Gasteiger partial charge >= 0.3 is 0 Å². The van der Waals surface area contributed by atoms with Crippen molar-refractivity contribution in [1.29, 1.82) is 0 Å². The number of nitrogens with zero attached hydrogens (tertiary/aromatic N) is 2. The molecule has 0 aromatic heterocycles. The zero-order valence-electron chi connectivity index (χ0n) is 12.0. The Morgan fingerprint density at radius 3 is 2.60 bits per heavy atom. The molecule has 20 heavy (non-hydrogen) atoms. The van der Waals surface area contributed by atoms with Crippen LogP contribution in [0.2, 0.25) is 0 Å². The average Bonchev–Trinajstić information content (AvgIpc) is 2.42. The van der Waals surface area contributed by atoms with E-state index in [1.807, 2.05) is 0 Å². The summed E-state index contributed by atoms with van der Waals surface area (Å²) in [6.07, 6.45) is 0.783. The van der Waals surface area contributed by atoms with Crippen molar-refractivity contribution in [3.05, 3.63) is 35.6 Å². The number of carbonyl (C=O) groups excluding carboxylic acids is 2. The van der Waals surface area contributed by atoms with Gasteiger partial charge in [-0.3, -0.25) is 9.59 Å². The Hall–Kier alpha value is -1.91. The standard InChI is InChI=1S/C15H19FN2O2/c1-17(2)15(20)11-8-9-13(19)18(3)14(11)10-6-4-5-7-12(10)16/h4-7,11,14H,8-9H2,1-3H3/t11-,14-/m0/s1. The number of likely N-dealkylation sites (tertiary alicyclic amines) is 1. The Labute approximate surface area is 118 Å². The number of benzene rings is 1. The fourth-order valence-electron chi connectivity index (χ4n) is 2.77. The molecule has 1 aromatic rings. The summed E-state index contributed by atoms with van der Waals surface area (Å²) in [5.74, 6) is -0.904. The highest BCUT2D eigenvalue weighted by atomic mass is 19.1. The van der Waals surface area contributed by atoms with Crippen molar-refractivity contribution < 1.29 is 14.0 Å². The second kappa shape index (κ2) is 5.61. The number of carbonyl (C=O) groups is 2. The molecule has 0 spiro atoms. The van der Waals surface area contributed by atoms with Crippen molar-refractivity contribution in [3.63, 3.8) is 0 Å². The summed E-state index contributed by atoms with van der Waals surface area (Å²) < 4.78 is 14.0. The van der Waals surface area contributed by atoms with Crippen molar-refractivity contribution in [2.75, 3.05) is 21.1 Å². The van der Waals surface area contributed by atoms with Crippen LogP contribution in [0.25, 0.3) is 0 Å². The highest BCUT2D eigenvalue weighted by Gasteiger charge is 2.40. The first-order valence-corrected chi connectivity index (χ1v) is 6.64. The third-order valence-corrected chi connectivity index (χ3v) is 3.84. The van der Waals surface area contributed by atoms with E-state index in [9.17, 15) is 14.0 Å². The lowest BCUT2D eigenvalue weighted by Gasteiger charge is -2.39. The maximum Gasteiger partial charge on any atom is 0.227 e. The molecule has 0 aliphatic carbocycles. The Bertz CT molecular complexity index is 530. The molecule has 1 heterocycles. The largest absolute Gasteiger partial charge is 0.349 e. The van der Waals surface area contributed by atoms with Gasteiger partial charge in [0, 0.05) is 33.1 Å². The van der Waals surface area contributed by atoms with E-state index in [0.717, 1.165) is 0 Å². The van der Waals surface area contributed by atoms with Gasteiger partial charge in [-0.2, -0.15) is 0 Å². The van der Waals surface area contributed by atoms with E-state index in [-0.39, 0.29) is 17.6 Å². The molecule has 1 aliphatic rings. The van der Waals surface area contributed by atoms with E-state index in [4.69, 9.17) is 0 Å². The molecular weight excluding hydrogens is 259 g/mol. The second-order valence-electron chi connectivity index (χ2n) is 5.35. The normalized spacial score (nSPS) is 22.8. The van der Waals surface area contributed by atoms with E-state index >= 15 is 0 Å². The number of rotatable bonds is 2. The average molecular weight is 278 g/mol. The van der Waals surface area contributed by atoms with Crippen molar-refractivity contribution in [1.82, 2.24) is 9.80 Å². The molecule has 0 bridgehead atoms. The Morgan fingerprint density at radius 2 is 2.00 bits per heavy atom. The topological polar surface area (TPSA) is 40.6 Å². The minimum atomic E-state index is -0.535. The van der Waals surface area contributed by atoms with E-state index in [1.165, 1.54) is 15.9 Å². The van der Waals surface area contributed by atoms with E-state index < -0.39 is 12.0 Å². The van der Waals surface area contributed by atoms with Crippen LogP contribution in [0.15, 0.2) is 24.3 Å². The summed E-state index contributed by atoms with van der Waals surface area (Å²) in [5.41, 5.74) is 0.406. The van der Waals surface area contributed by atoms with Gasteiger partial charge in [0.25, 0.3) is 0 Å². The minimum absolute atomic E-state index is 0.0546. The van der Waals surface area contributed by atoms with Gasteiger partial charge in [0.15, 0.2) is 0 Å². The fourth-order valence-corrected chi connectivity index (χ4v) is 2.77. The molecule has 4 nitrogen and oxygen atoms in total. The number of hydrogen-bond donors (Lipinski definition) is 0. The lowest BCUT2D eigenvalue weighted by atomic mass is 9.83. The van der Waals surface area contributed by atoms with Gasteiger partial charge in [-0.25, -0.2) is 4.39 Å². The Morgan fingerprint density at radius 1 is 1.35 bits per heavy atom. The number of hydrogen-bond acceptors (Lipinski definition) is 2. The molecule has 1 aromatic carbocycles. The summed E-state index contributed by atoms with van der Waals surface area (Å²) in [4.78, 5) is 27.2. The van der Waals surface area contributed by atoms with Crippen LogP contribution in [-0.4, -0.2) is 42.8 Å². The zero-order chi connectivity index (χ0) is 14.9. The van der Waals surface area contributed by atoms with Crippen molar-refractivity contribution in [2.45, 2.75) is 18.9 Å². The first-order valence-electron chi connectivity index (χ1n) is 6.64. The van der Waals surface area contributed by atoms with Gasteiger partial charge in [-0.05, 0) is 12.5 Å². The summed E-state index contributed by atoms with van der Waals surface area (Å²) in [6.45, 7) is 0. The Kier molecular flexibility index (Phi) is 4.06. The highest BCUT2D eigenvalue weighted by molar-refractivity contribution is 5.84. The monoisotopic (exact) mass is 278 g/mol. The maximum absolute atomic E-state index is 14.0. The highest BCUT2D eigenvalue weighted by Crippen LogP contribution is 2.37. The van der Waals surface area contributed by atoms with Crippen molar-refractivity contribution in [2.24, 2.45) is 5.92 Å². The summed E-state index contributed by atoms with van der Waals surface area (Å²) in [7, 11) is 4.99. The molecule has 2 rings (SSSR count). The van der Waals surface area contributed by atoms with E-state index in [0.29, 0.717) is 18.4 Å². The van der Waals surface area contributed by atoms with Gasteiger partial charge in [0.05, 0.1) is 12.0 Å². The van der Waals surface area contributed by atoms with Crippen LogP contribution in [0.4, 0.5) is 4.39 Å². The molecule has 1 fully saturated rings. The minimum Gasteiger partial charge on any atom is -0.349 e. The lowest BCUT2D eigenvalue weighted by molar-refractivity contribution is -0.145. The molecule has 2 amide bonds. The third kappa shape index (κ3) is 2.53. The molecule has 1 aliphatic heterocycles. The number of amides is 2. The summed E-state index contributed by atoms with van der Waals surface area (Å²) >= 11 is 0. The van der Waals surface area contributed by atoms with Crippen LogP contribution in [-0.2, 0) is 9.59 Å². The van der Waals surface area contributed by atoms with E-state index in [2.05, 4.69) is 0 Å². The quantitative estimate of drug-likeness (QED) is 0.828. The summed E-state index contributed by atoms with van der Waals surface area (Å²) in [5, 5.41) is 0. The fraction of sp³-hybridized carbons (Fsp3) is 0.467. The predicted molar refractivity (Wildman–Crippen MR) is 73.3 cm³/mol. The zero-order valence-corrected chi connectivity index (χ0v) is 12.0.